The summed E-state index contributed by atoms with van der Waals surface area (Å²) in [5.41, 5.74) is 30.5. The van der Waals surface area contributed by atoms with Gasteiger partial charge in [0.05, 0.1) is 56.9 Å². The van der Waals surface area contributed by atoms with Crippen LogP contribution >= 0.6 is 0 Å². The number of anilines is 1. The van der Waals surface area contributed by atoms with Crippen LogP contribution in [0.4, 0.5) is 5.69 Å². The molecule has 0 bridgehead atoms. The van der Waals surface area contributed by atoms with Crippen LogP contribution in [0, 0.1) is 0 Å². The summed E-state index contributed by atoms with van der Waals surface area (Å²) < 4.78 is 48.3. The van der Waals surface area contributed by atoms with E-state index in [0.717, 1.165) is 104 Å². The number of aliphatic hydroxyl groups excluding tert-OH is 3. The van der Waals surface area contributed by atoms with Crippen LogP contribution in [0.5, 0.6) is 17.2 Å². The topological polar surface area (TPSA) is 363 Å². The second-order valence-electron chi connectivity index (χ2n) is 23.3. The van der Waals surface area contributed by atoms with E-state index in [4.69, 9.17) is 74.7 Å². The van der Waals surface area contributed by atoms with Gasteiger partial charge < -0.3 is 110 Å². The van der Waals surface area contributed by atoms with Crippen molar-refractivity contribution in [1.82, 2.24) is 0 Å². The van der Waals surface area contributed by atoms with Crippen LogP contribution < -0.4 is 69.7 Å². The van der Waals surface area contributed by atoms with Crippen molar-refractivity contribution < 1.29 is 92.6 Å². The standard InChI is InChI=1S/C12H17BO4.C11H16BNO4.C10H13BO4.2C9H11BO2.C8H10BNO2.C8H10BNO.CH4/c1-2-10-9-5-3-6-11(16-8-4-7-14)12(9)13(15)17-10;13-7-10-8-3-1-4-9(16-6-2-5-14)11(8)12(15)17-10;12-5-2-6-14-9-4-1-3-8-7-15-11(13)10(8)9;2*1-2-9-7-5-3-4-6-8(7)10(11)12-9;10-5-8-6-3-1-2-4-7(6)9(11)12-8;10-7-2-1-6-3-4-9(11)8(6)5-7;/h3,5-6,10,14-15H,2,4,7-8H2,1H3;1,3-4,10,14-15H,2,5-7,13H2;1,3-4,12-13H,2,5-7H2;2*3-6,9,11H,2H2,1H3;1-4,8,11H,5,10H2;1-2,5,11H,3-4,10H2;1H4/t10-;;;2*9-;;;/m1..10.../s1. The predicted molar refractivity (Wildman–Crippen MR) is 382 cm³/mol. The van der Waals surface area contributed by atoms with Crippen molar-refractivity contribution in [3.63, 3.8) is 0 Å². The zero-order chi connectivity index (χ0) is 68.7. The number of ether oxygens (including phenoxy) is 3. The van der Waals surface area contributed by atoms with Gasteiger partial charge in [0.15, 0.2) is 0 Å². The third-order valence-electron chi connectivity index (χ3n) is 16.9. The third-order valence-corrected chi connectivity index (χ3v) is 16.9. The molecule has 0 fully saturated rings. The van der Waals surface area contributed by atoms with E-state index in [1.807, 2.05) is 140 Å². The highest BCUT2D eigenvalue weighted by atomic mass is 16.6. The van der Waals surface area contributed by atoms with Gasteiger partial charge in [-0.25, -0.2) is 0 Å². The van der Waals surface area contributed by atoms with Gasteiger partial charge >= 0.3 is 49.6 Å². The molecule has 97 heavy (non-hydrogen) atoms. The van der Waals surface area contributed by atoms with E-state index in [0.29, 0.717) is 81.5 Å². The van der Waals surface area contributed by atoms with Crippen LogP contribution in [0.1, 0.15) is 136 Å². The van der Waals surface area contributed by atoms with Crippen molar-refractivity contribution in [1.29, 1.82) is 0 Å². The van der Waals surface area contributed by atoms with Gasteiger partial charge in [0.2, 0.25) is 0 Å². The van der Waals surface area contributed by atoms with Crippen LogP contribution in [0.2, 0.25) is 6.32 Å². The first-order valence-corrected chi connectivity index (χ1v) is 32.9. The molecule has 5 atom stereocenters. The summed E-state index contributed by atoms with van der Waals surface area (Å²) >= 11 is 0. The first-order chi connectivity index (χ1) is 46.6. The Balaban J connectivity index is 0.000000160. The van der Waals surface area contributed by atoms with E-state index in [1.54, 1.807) is 12.1 Å². The first kappa shape index (κ1) is 77.8. The lowest BCUT2D eigenvalue weighted by atomic mass is 9.63. The van der Waals surface area contributed by atoms with Crippen LogP contribution in [0.25, 0.3) is 0 Å². The zero-order valence-electron chi connectivity index (χ0n) is 54.7. The zero-order valence-corrected chi connectivity index (χ0v) is 54.7. The highest BCUT2D eigenvalue weighted by molar-refractivity contribution is 6.68. The van der Waals surface area contributed by atoms with Crippen LogP contribution in [0.3, 0.4) is 0 Å². The maximum atomic E-state index is 9.87. The Kier molecular flexibility index (Phi) is 31.5. The van der Waals surface area contributed by atoms with Crippen molar-refractivity contribution in [2.75, 3.05) is 58.5 Å². The predicted octanol–water partition coefficient (Wildman–Crippen LogP) is 1.21. The number of aryl methyl sites for hydroxylation is 1. The summed E-state index contributed by atoms with van der Waals surface area (Å²) in [6.45, 7) is 8.59. The number of hydrogen-bond acceptors (Lipinski definition) is 22. The van der Waals surface area contributed by atoms with Gasteiger partial charge in [-0.05, 0) is 118 Å². The number of fused-ring (bicyclic) bond motifs is 7. The fourth-order valence-corrected chi connectivity index (χ4v) is 12.1. The molecule has 0 radical (unpaired) electrons. The largest absolute Gasteiger partial charge is 0.495 e. The Bertz CT molecular complexity index is 3330. The molecular weight excluding hydrogens is 1240 g/mol. The average molecular weight is 1330 g/mol. The molecule has 0 aromatic heterocycles. The second-order valence-corrected chi connectivity index (χ2v) is 23.3. The number of aliphatic hydroxyl groups is 3. The fraction of sp³-hybridized carbons (Fsp3) is 0.382. The van der Waals surface area contributed by atoms with Crippen LogP contribution in [-0.4, -0.2) is 153 Å². The smallest absolute Gasteiger partial charge is 0.494 e. The normalized spacial score (nSPS) is 18.2. The molecule has 0 aliphatic carbocycles. The first-order valence-electron chi connectivity index (χ1n) is 32.9. The Morgan fingerprint density at radius 2 is 0.784 bits per heavy atom. The summed E-state index contributed by atoms with van der Waals surface area (Å²) in [5, 5.41) is 93.1. The molecule has 7 aromatic carbocycles. The molecule has 2 unspecified atom stereocenters. The molecule has 7 aliphatic heterocycles. The van der Waals surface area contributed by atoms with E-state index < -0.39 is 42.7 Å². The van der Waals surface area contributed by atoms with Crippen molar-refractivity contribution in [2.24, 2.45) is 11.5 Å². The molecule has 0 saturated carbocycles. The van der Waals surface area contributed by atoms with Crippen molar-refractivity contribution in [3.05, 3.63) is 185 Å². The third kappa shape index (κ3) is 20.1. The van der Waals surface area contributed by atoms with E-state index in [1.165, 1.54) is 5.56 Å². The molecule has 29 heteroatoms. The Labute approximate surface area is 571 Å². The summed E-state index contributed by atoms with van der Waals surface area (Å²) in [7, 11) is -5.00. The highest BCUT2D eigenvalue weighted by Crippen LogP contribution is 2.32. The van der Waals surface area contributed by atoms with Crippen LogP contribution in [-0.2, 0) is 41.0 Å². The molecular formula is C68H92B7N3O19. The van der Waals surface area contributed by atoms with E-state index in [2.05, 4.69) is 13.8 Å². The molecule has 0 amide bonds. The number of hydrogen-bond donors (Lipinski definition) is 13. The lowest BCUT2D eigenvalue weighted by molar-refractivity contribution is 0.186. The lowest BCUT2D eigenvalue weighted by Gasteiger charge is -2.11. The Hall–Kier alpha value is -6.53. The fourth-order valence-electron chi connectivity index (χ4n) is 12.1. The van der Waals surface area contributed by atoms with Crippen molar-refractivity contribution in [2.45, 2.75) is 117 Å². The molecule has 7 heterocycles. The van der Waals surface area contributed by atoms with Crippen LogP contribution in [0.15, 0.2) is 146 Å². The van der Waals surface area contributed by atoms with Crippen molar-refractivity contribution in [3.8, 4) is 17.2 Å². The minimum absolute atomic E-state index is 0. The van der Waals surface area contributed by atoms with Gasteiger partial charge in [-0.15, -0.1) is 0 Å². The molecule has 16 N–H and O–H groups in total. The number of nitrogens with two attached hydrogens (primary N) is 3. The molecule has 7 aromatic rings. The summed E-state index contributed by atoms with van der Waals surface area (Å²) in [6, 6.07) is 45.7. The summed E-state index contributed by atoms with van der Waals surface area (Å²) in [5.74, 6) is 1.89. The van der Waals surface area contributed by atoms with E-state index in [9.17, 15) is 35.2 Å². The van der Waals surface area contributed by atoms with Gasteiger partial charge in [0, 0.05) is 74.2 Å². The van der Waals surface area contributed by atoms with Gasteiger partial charge in [-0.1, -0.05) is 149 Å². The van der Waals surface area contributed by atoms with Gasteiger partial charge in [0.25, 0.3) is 0 Å². The number of benzene rings is 7. The Morgan fingerprint density at radius 3 is 1.24 bits per heavy atom. The summed E-state index contributed by atoms with van der Waals surface area (Å²) in [4.78, 5) is 0. The highest BCUT2D eigenvalue weighted by Gasteiger charge is 2.40. The molecule has 0 spiro atoms. The monoisotopic (exact) mass is 1330 g/mol. The molecule has 14 rings (SSSR count). The second kappa shape index (κ2) is 39.3. The summed E-state index contributed by atoms with van der Waals surface area (Å²) in [6.07, 6.45) is 5.88. The average Bonchev–Trinajstić information content (AvgIpc) is 1.68. The maximum absolute atomic E-state index is 9.87. The van der Waals surface area contributed by atoms with Gasteiger partial charge in [0.1, 0.15) is 17.2 Å². The molecule has 7 aliphatic rings. The maximum Gasteiger partial charge on any atom is 0.495 e. The molecule has 0 saturated heterocycles. The minimum atomic E-state index is -0.983. The Morgan fingerprint density at radius 1 is 0.412 bits per heavy atom. The number of nitrogen functional groups attached to an aromatic ring is 1. The quantitative estimate of drug-likeness (QED) is 0.0346. The van der Waals surface area contributed by atoms with Crippen molar-refractivity contribution >= 4 is 93.6 Å². The lowest BCUT2D eigenvalue weighted by Crippen LogP contribution is -2.30. The van der Waals surface area contributed by atoms with E-state index >= 15 is 0 Å². The van der Waals surface area contributed by atoms with E-state index in [-0.39, 0.29) is 64.7 Å². The molecule has 514 valence electrons. The van der Waals surface area contributed by atoms with Gasteiger partial charge in [-0.3, -0.25) is 0 Å². The van der Waals surface area contributed by atoms with Gasteiger partial charge in [-0.2, -0.15) is 0 Å². The minimum Gasteiger partial charge on any atom is -0.494 e. The molecule has 22 nitrogen and oxygen atoms in total. The SMILES string of the molecule is C.CC[C@@H]1OB(O)c2ccccc21.CC[C@H]1OB(O)c2c(OCCCO)cccc21.CC[C@H]1OB(O)c2ccccc21.NCC1OB(O)c2c(OCCCO)cccc21.NCC1OB(O)c2ccccc21.Nc1ccc2c(c1)B(O)CC2.OCCCOc1cccc2c1B(O)OC2. The number of rotatable bonds is 17.